The van der Waals surface area contributed by atoms with Crippen LogP contribution in [0.4, 0.5) is 4.39 Å². The highest BCUT2D eigenvalue weighted by Gasteiger charge is 2.26. The highest BCUT2D eigenvalue weighted by Crippen LogP contribution is 2.30. The number of rotatable bonds is 3. The van der Waals surface area contributed by atoms with Crippen molar-refractivity contribution in [2.24, 2.45) is 0 Å². The van der Waals surface area contributed by atoms with Gasteiger partial charge in [-0.15, -0.1) is 0 Å². The SMILES string of the molecule is Cc1ccc(C)c(C(=O)N2CCC(Oc3nc4ccc(F)cc4s3)CC2)c1. The first-order valence-electron chi connectivity index (χ1n) is 9.09. The Labute approximate surface area is 161 Å². The van der Waals surface area contributed by atoms with E-state index in [2.05, 4.69) is 4.98 Å². The number of amides is 1. The number of thiazole rings is 1. The molecule has 4 nitrogen and oxygen atoms in total. The summed E-state index contributed by atoms with van der Waals surface area (Å²) < 4.78 is 20.1. The normalized spacial score (nSPS) is 15.3. The number of aryl methyl sites for hydroxylation is 2. The van der Waals surface area contributed by atoms with Gasteiger partial charge in [0, 0.05) is 31.5 Å². The summed E-state index contributed by atoms with van der Waals surface area (Å²) >= 11 is 1.36. The monoisotopic (exact) mass is 384 g/mol. The van der Waals surface area contributed by atoms with E-state index >= 15 is 0 Å². The molecule has 1 saturated heterocycles. The summed E-state index contributed by atoms with van der Waals surface area (Å²) in [4.78, 5) is 19.1. The van der Waals surface area contributed by atoms with Crippen LogP contribution in [0.25, 0.3) is 10.2 Å². The fraction of sp³-hybridized carbons (Fsp3) is 0.333. The Bertz CT molecular complexity index is 993. The lowest BCUT2D eigenvalue weighted by Gasteiger charge is -2.32. The summed E-state index contributed by atoms with van der Waals surface area (Å²) in [5.74, 6) is -0.180. The Balaban J connectivity index is 1.39. The molecule has 1 aliphatic heterocycles. The number of piperidine rings is 1. The Morgan fingerprint density at radius 3 is 2.74 bits per heavy atom. The third-order valence-corrected chi connectivity index (χ3v) is 5.86. The van der Waals surface area contributed by atoms with E-state index < -0.39 is 0 Å². The summed E-state index contributed by atoms with van der Waals surface area (Å²) in [6.45, 7) is 5.30. The molecule has 3 aromatic rings. The van der Waals surface area contributed by atoms with E-state index in [1.54, 1.807) is 6.07 Å². The lowest BCUT2D eigenvalue weighted by molar-refractivity contribution is 0.0595. The summed E-state index contributed by atoms with van der Waals surface area (Å²) in [6.07, 6.45) is 1.56. The van der Waals surface area contributed by atoms with Crippen LogP contribution < -0.4 is 4.74 Å². The number of nitrogens with zero attached hydrogens (tertiary/aromatic N) is 2. The van der Waals surface area contributed by atoms with Gasteiger partial charge in [0.05, 0.1) is 10.2 Å². The average Bonchev–Trinajstić information content (AvgIpc) is 3.05. The van der Waals surface area contributed by atoms with Crippen LogP contribution >= 0.6 is 11.3 Å². The first-order chi connectivity index (χ1) is 13.0. The minimum absolute atomic E-state index is 0.0260. The van der Waals surface area contributed by atoms with Crippen molar-refractivity contribution in [1.82, 2.24) is 9.88 Å². The van der Waals surface area contributed by atoms with Crippen molar-refractivity contribution >= 4 is 27.5 Å². The van der Waals surface area contributed by atoms with Crippen molar-refractivity contribution < 1.29 is 13.9 Å². The first kappa shape index (κ1) is 17.9. The van der Waals surface area contributed by atoms with E-state index in [0.29, 0.717) is 18.3 Å². The molecule has 0 N–H and O–H groups in total. The molecule has 4 rings (SSSR count). The minimum atomic E-state index is -0.268. The van der Waals surface area contributed by atoms with Gasteiger partial charge in [-0.3, -0.25) is 4.79 Å². The molecule has 1 amide bonds. The molecule has 0 atom stereocenters. The van der Waals surface area contributed by atoms with E-state index in [1.165, 1.54) is 23.5 Å². The van der Waals surface area contributed by atoms with E-state index in [0.717, 1.165) is 39.7 Å². The van der Waals surface area contributed by atoms with Crippen molar-refractivity contribution in [3.05, 3.63) is 58.9 Å². The number of halogens is 1. The van der Waals surface area contributed by atoms with Gasteiger partial charge in [0.1, 0.15) is 11.9 Å². The second-order valence-corrected chi connectivity index (χ2v) is 8.01. The van der Waals surface area contributed by atoms with Crippen LogP contribution in [0, 0.1) is 19.7 Å². The molecule has 0 bridgehead atoms. The van der Waals surface area contributed by atoms with Crippen LogP contribution in [-0.2, 0) is 0 Å². The van der Waals surface area contributed by atoms with E-state index in [4.69, 9.17) is 4.74 Å². The predicted octanol–water partition coefficient (Wildman–Crippen LogP) is 4.74. The van der Waals surface area contributed by atoms with Crippen molar-refractivity contribution in [2.75, 3.05) is 13.1 Å². The van der Waals surface area contributed by atoms with Crippen LogP contribution in [0.2, 0.25) is 0 Å². The number of hydrogen-bond donors (Lipinski definition) is 0. The van der Waals surface area contributed by atoms with E-state index in [-0.39, 0.29) is 17.8 Å². The molecule has 1 aromatic heterocycles. The molecule has 1 fully saturated rings. The number of carbonyl (C=O) groups excluding carboxylic acids is 1. The zero-order valence-corrected chi connectivity index (χ0v) is 16.2. The number of hydrogen-bond acceptors (Lipinski definition) is 4. The molecule has 0 spiro atoms. The Morgan fingerprint density at radius 1 is 1.19 bits per heavy atom. The lowest BCUT2D eigenvalue weighted by atomic mass is 10.0. The standard InChI is InChI=1S/C21H21FN2O2S/c1-13-3-4-14(2)17(11-13)20(25)24-9-7-16(8-10-24)26-21-23-18-6-5-15(22)12-19(18)27-21/h3-6,11-12,16H,7-10H2,1-2H3. The first-order valence-corrected chi connectivity index (χ1v) is 9.90. The van der Waals surface area contributed by atoms with Crippen LogP contribution in [0.1, 0.15) is 34.3 Å². The second kappa shape index (κ2) is 7.27. The molecule has 2 aromatic carbocycles. The zero-order chi connectivity index (χ0) is 19.0. The van der Waals surface area contributed by atoms with Crippen molar-refractivity contribution in [2.45, 2.75) is 32.8 Å². The minimum Gasteiger partial charge on any atom is -0.467 e. The van der Waals surface area contributed by atoms with Crippen LogP contribution in [-0.4, -0.2) is 35.0 Å². The number of ether oxygens (including phenoxy) is 1. The van der Waals surface area contributed by atoms with Crippen molar-refractivity contribution in [3.63, 3.8) is 0 Å². The molecule has 1 aliphatic rings. The highest BCUT2D eigenvalue weighted by molar-refractivity contribution is 7.20. The summed E-state index contributed by atoms with van der Waals surface area (Å²) in [5, 5.41) is 0.565. The fourth-order valence-corrected chi connectivity index (χ4v) is 4.29. The predicted molar refractivity (Wildman–Crippen MR) is 105 cm³/mol. The van der Waals surface area contributed by atoms with Gasteiger partial charge in [0.2, 0.25) is 0 Å². The largest absolute Gasteiger partial charge is 0.467 e. The van der Waals surface area contributed by atoms with Crippen LogP contribution in [0.3, 0.4) is 0 Å². The molecule has 0 unspecified atom stereocenters. The molecule has 0 aliphatic carbocycles. The Hall–Kier alpha value is -2.47. The second-order valence-electron chi connectivity index (χ2n) is 7.02. The molecular formula is C21H21FN2O2S. The molecule has 0 saturated carbocycles. The fourth-order valence-electron chi connectivity index (χ4n) is 3.38. The quantitative estimate of drug-likeness (QED) is 0.655. The van der Waals surface area contributed by atoms with Gasteiger partial charge in [-0.05, 0) is 43.7 Å². The molecule has 140 valence electrons. The maximum Gasteiger partial charge on any atom is 0.274 e. The number of carbonyl (C=O) groups is 1. The molecular weight excluding hydrogens is 363 g/mol. The summed E-state index contributed by atoms with van der Waals surface area (Å²) in [7, 11) is 0. The van der Waals surface area contributed by atoms with Gasteiger partial charge in [-0.1, -0.05) is 29.0 Å². The summed E-state index contributed by atoms with van der Waals surface area (Å²) in [6, 6.07) is 10.5. The third-order valence-electron chi connectivity index (χ3n) is 4.95. The third kappa shape index (κ3) is 3.81. The maximum absolute atomic E-state index is 13.3. The highest BCUT2D eigenvalue weighted by atomic mass is 32.1. The van der Waals surface area contributed by atoms with Crippen LogP contribution in [0.15, 0.2) is 36.4 Å². The number of likely N-dealkylation sites (tertiary alicyclic amines) is 1. The average molecular weight is 384 g/mol. The van der Waals surface area contributed by atoms with Gasteiger partial charge < -0.3 is 9.64 Å². The topological polar surface area (TPSA) is 42.4 Å². The van der Waals surface area contributed by atoms with Gasteiger partial charge >= 0.3 is 0 Å². The Kier molecular flexibility index (Phi) is 4.83. The van der Waals surface area contributed by atoms with Gasteiger partial charge in [0.15, 0.2) is 0 Å². The lowest BCUT2D eigenvalue weighted by Crippen LogP contribution is -2.42. The van der Waals surface area contributed by atoms with E-state index in [9.17, 15) is 9.18 Å². The summed E-state index contributed by atoms with van der Waals surface area (Å²) in [5.41, 5.74) is 3.63. The number of fused-ring (bicyclic) bond motifs is 1. The van der Waals surface area contributed by atoms with Crippen molar-refractivity contribution in [3.8, 4) is 5.19 Å². The van der Waals surface area contributed by atoms with Gasteiger partial charge in [-0.25, -0.2) is 9.37 Å². The van der Waals surface area contributed by atoms with Gasteiger partial charge in [-0.2, -0.15) is 0 Å². The van der Waals surface area contributed by atoms with Gasteiger partial charge in [0.25, 0.3) is 11.1 Å². The van der Waals surface area contributed by atoms with Crippen molar-refractivity contribution in [1.29, 1.82) is 0 Å². The molecule has 0 radical (unpaired) electrons. The number of benzene rings is 2. The van der Waals surface area contributed by atoms with E-state index in [1.807, 2.05) is 36.9 Å². The smallest absolute Gasteiger partial charge is 0.274 e. The maximum atomic E-state index is 13.3. The van der Waals surface area contributed by atoms with Crippen LogP contribution in [0.5, 0.6) is 5.19 Å². The molecule has 6 heteroatoms. The Morgan fingerprint density at radius 2 is 1.96 bits per heavy atom. The molecule has 27 heavy (non-hydrogen) atoms. The molecule has 2 heterocycles. The zero-order valence-electron chi connectivity index (χ0n) is 15.4. The number of aromatic nitrogens is 1.